The summed E-state index contributed by atoms with van der Waals surface area (Å²) in [5.41, 5.74) is 19.5. The maximum absolute atomic E-state index is 15.6. The summed E-state index contributed by atoms with van der Waals surface area (Å²) < 4.78 is 0. The van der Waals surface area contributed by atoms with E-state index in [-0.39, 0.29) is 72.4 Å². The highest BCUT2D eigenvalue weighted by atomic mass is 16.3. The van der Waals surface area contributed by atoms with Gasteiger partial charge in [-0.05, 0) is 134 Å². The number of nitrogens with one attached hydrogen (secondary N) is 3. The number of aliphatic imine (C=N–C) groups is 1. The number of fused-ring (bicyclic) bond motifs is 9. The van der Waals surface area contributed by atoms with E-state index >= 15 is 4.79 Å². The molecule has 0 unspecified atom stereocenters. The van der Waals surface area contributed by atoms with Crippen LogP contribution >= 0.6 is 0 Å². The molecule has 0 saturated carbocycles. The zero-order valence-corrected chi connectivity index (χ0v) is 67.6. The van der Waals surface area contributed by atoms with Crippen LogP contribution in [0, 0.1) is 0 Å². The summed E-state index contributed by atoms with van der Waals surface area (Å²) in [6.45, 7) is 46.4. The largest absolute Gasteiger partial charge is 0.507 e. The molecule has 0 saturated heterocycles. The van der Waals surface area contributed by atoms with Gasteiger partial charge in [-0.2, -0.15) is 0 Å². The summed E-state index contributed by atoms with van der Waals surface area (Å²) in [6.07, 6.45) is 1.61. The summed E-state index contributed by atoms with van der Waals surface area (Å²) in [6, 6.07) is 69.2. The Kier molecular flexibility index (Phi) is 19.0. The number of rotatable bonds is 10. The highest BCUT2D eigenvalue weighted by molar-refractivity contribution is 6.09. The smallest absolute Gasteiger partial charge is 0.274 e. The van der Waals surface area contributed by atoms with Gasteiger partial charge in [0.05, 0.1) is 5.52 Å². The minimum absolute atomic E-state index is 0.00597. The van der Waals surface area contributed by atoms with Crippen molar-refractivity contribution >= 4 is 68.2 Å². The number of phenolic OH excluding ortho intramolecular Hbond substituents is 1. The summed E-state index contributed by atoms with van der Waals surface area (Å²) in [7, 11) is 0. The van der Waals surface area contributed by atoms with Crippen molar-refractivity contribution < 1.29 is 9.90 Å². The van der Waals surface area contributed by atoms with Crippen molar-refractivity contribution in [3.05, 3.63) is 285 Å². The highest BCUT2D eigenvalue weighted by Gasteiger charge is 2.33. The molecule has 12 aromatic rings. The van der Waals surface area contributed by atoms with Crippen LogP contribution in [0.2, 0.25) is 0 Å². The molecule has 13 nitrogen and oxygen atoms in total. The molecule has 13 heteroatoms. The molecular weight excluding hydrogens is 1350 g/mol. The standard InChI is InChI=1S/C97H101N11O2/c1-91(2,3)64-39-26-57(27-40-64)74-75(58-28-41-65(42-29-58)92(4,5)6)83-101-82(74)102-84-76(59-30-43-66(44-31-59)93(7,8)9)78(61-34-47-68(48-35-61)95(13,14)15)86(104-84)106-88-80(98-55-63-54-70(97(19,20)21)51-53-73(63)109)81(100-90(110)72-52-38-56-24-22-23-25-71(56)99-72)89(108-88)107-87-79(62-36-49-69(50-37-62)96(16,17)18)77(85(103-83)105-87)60-32-45-67(46-33-60)94(10,11)12/h22-55,109H,1-21H3,(H,100,110)(H2,101,102,103,104,105,106,107,108). The number of aromatic nitrogens is 9. The number of pyridine rings is 1. The first-order chi connectivity index (χ1) is 51.7. The molecule has 0 atom stereocenters. The SMILES string of the molecule is CC(C)(C)c1ccc(C2=C(c3ccc(C(C)(C)C)cc3)c3nc2nc2[nH]c(nc4nc(nc5[nH]c(n3)c(-c3ccc(C(C)(C)C)cc3)c5-c3ccc(C(C)(C)C)cc3)C(NC(=O)c3ccc5ccccc5n3)=C4N=Cc3cc(C(C)(C)C)ccc3O)c(-c3ccc(C(C)(C)C)cc3)c2-c2ccc(C(C)(C)C)cc2)cc1. The second kappa shape index (κ2) is 27.8. The Labute approximate surface area is 647 Å². The number of carbonyl (C=O) groups excluding carboxylic acids is 1. The summed E-state index contributed by atoms with van der Waals surface area (Å²) >= 11 is 0. The van der Waals surface area contributed by atoms with E-state index in [2.05, 4.69) is 306 Å². The third kappa shape index (κ3) is 15.2. The first-order valence-corrected chi connectivity index (χ1v) is 38.2. The molecule has 1 amide bonds. The molecular formula is C97H101N11O2. The van der Waals surface area contributed by atoms with Crippen LogP contribution in [0.5, 0.6) is 5.75 Å². The van der Waals surface area contributed by atoms with Crippen LogP contribution in [0.3, 0.4) is 0 Å². The number of aromatic hydroxyl groups is 1. The lowest BCUT2D eigenvalue weighted by atomic mass is 9.84. The molecule has 556 valence electrons. The van der Waals surface area contributed by atoms with Crippen molar-refractivity contribution in [1.82, 2.24) is 50.2 Å². The molecule has 14 rings (SSSR count). The maximum atomic E-state index is 15.6. The third-order valence-electron chi connectivity index (χ3n) is 21.1. The number of phenols is 1. The number of benzene rings is 8. The number of hydrogen-bond acceptors (Lipinski definition) is 10. The maximum Gasteiger partial charge on any atom is 0.274 e. The van der Waals surface area contributed by atoms with Gasteiger partial charge in [0.25, 0.3) is 5.91 Å². The quantitative estimate of drug-likeness (QED) is 0.0968. The summed E-state index contributed by atoms with van der Waals surface area (Å²) in [5.74, 6) is 0.451. The van der Waals surface area contributed by atoms with E-state index in [0.717, 1.165) is 94.4 Å². The van der Waals surface area contributed by atoms with Gasteiger partial charge in [0, 0.05) is 50.6 Å². The Morgan fingerprint density at radius 3 is 1.03 bits per heavy atom. The molecule has 6 heterocycles. The number of H-pyrrole nitrogens is 2. The fourth-order valence-electron chi connectivity index (χ4n) is 14.2. The van der Waals surface area contributed by atoms with Crippen molar-refractivity contribution in [1.29, 1.82) is 0 Å². The van der Waals surface area contributed by atoms with Crippen LogP contribution in [0.1, 0.15) is 235 Å². The predicted molar refractivity (Wildman–Crippen MR) is 454 cm³/mol. The second-order valence-electron chi connectivity index (χ2n) is 36.7. The molecule has 4 aromatic heterocycles. The number of amides is 1. The topological polar surface area (TPSA) is 184 Å². The molecule has 0 spiro atoms. The van der Waals surface area contributed by atoms with Gasteiger partial charge in [-0.1, -0.05) is 321 Å². The van der Waals surface area contributed by atoms with Crippen LogP contribution in [-0.2, 0) is 37.9 Å². The van der Waals surface area contributed by atoms with Gasteiger partial charge in [-0.25, -0.2) is 39.9 Å². The fraction of sp³-hybridized carbons (Fsp3) is 0.289. The molecule has 4 N–H and O–H groups in total. The fourth-order valence-corrected chi connectivity index (χ4v) is 14.2. The van der Waals surface area contributed by atoms with Crippen LogP contribution in [0.15, 0.2) is 205 Å². The van der Waals surface area contributed by atoms with Gasteiger partial charge in [0.2, 0.25) is 0 Å². The lowest BCUT2D eigenvalue weighted by molar-refractivity contribution is 0.0969. The Bertz CT molecular complexity index is 5860. The van der Waals surface area contributed by atoms with E-state index < -0.39 is 5.91 Å². The molecule has 0 aliphatic carbocycles. The first kappa shape index (κ1) is 75.3. The van der Waals surface area contributed by atoms with Gasteiger partial charge >= 0.3 is 0 Å². The Balaban J connectivity index is 1.22. The Morgan fingerprint density at radius 2 is 0.664 bits per heavy atom. The average molecular weight is 1450 g/mol. The van der Waals surface area contributed by atoms with Crippen molar-refractivity contribution in [3.8, 4) is 50.3 Å². The minimum atomic E-state index is -0.544. The van der Waals surface area contributed by atoms with Gasteiger partial charge in [-0.3, -0.25) is 4.79 Å². The van der Waals surface area contributed by atoms with Crippen molar-refractivity contribution in [2.75, 3.05) is 0 Å². The number of para-hydroxylation sites is 1. The first-order valence-electron chi connectivity index (χ1n) is 38.2. The van der Waals surface area contributed by atoms with Crippen molar-refractivity contribution in [3.63, 3.8) is 0 Å². The van der Waals surface area contributed by atoms with Gasteiger partial charge < -0.3 is 20.4 Å². The molecule has 110 heavy (non-hydrogen) atoms. The average Bonchev–Trinajstić information content (AvgIpc) is 1.58. The van der Waals surface area contributed by atoms with Gasteiger partial charge in [-0.15, -0.1) is 0 Å². The molecule has 8 aromatic carbocycles. The number of carbonyl (C=O) groups is 1. The van der Waals surface area contributed by atoms with Crippen molar-refractivity contribution in [2.24, 2.45) is 4.99 Å². The van der Waals surface area contributed by atoms with Gasteiger partial charge in [0.1, 0.15) is 45.4 Å². The molecule has 2 aliphatic rings. The predicted octanol–water partition coefficient (Wildman–Crippen LogP) is 23.3. The van der Waals surface area contributed by atoms with Crippen molar-refractivity contribution in [2.45, 2.75) is 183 Å². The summed E-state index contributed by atoms with van der Waals surface area (Å²) in [5, 5.41) is 16.0. The Hall–Kier alpha value is -11.6. The summed E-state index contributed by atoms with van der Waals surface area (Å²) in [4.78, 5) is 68.4. The van der Waals surface area contributed by atoms with Crippen LogP contribution in [0.25, 0.3) is 101 Å². The van der Waals surface area contributed by atoms with E-state index in [1.54, 1.807) is 18.3 Å². The van der Waals surface area contributed by atoms with Gasteiger partial charge in [0.15, 0.2) is 23.3 Å². The highest BCUT2D eigenvalue weighted by Crippen LogP contribution is 2.46. The van der Waals surface area contributed by atoms with Crippen LogP contribution < -0.4 is 5.32 Å². The van der Waals surface area contributed by atoms with Crippen LogP contribution in [-0.4, -0.2) is 62.1 Å². The molecule has 8 bridgehead atoms. The second-order valence-corrected chi connectivity index (χ2v) is 36.7. The zero-order valence-electron chi connectivity index (χ0n) is 67.6. The number of nitrogens with zero attached hydrogens (tertiary/aromatic N) is 8. The Morgan fingerprint density at radius 1 is 0.345 bits per heavy atom. The lowest BCUT2D eigenvalue weighted by Crippen LogP contribution is -2.23. The zero-order chi connectivity index (χ0) is 78.5. The minimum Gasteiger partial charge on any atom is -0.507 e. The molecule has 0 radical (unpaired) electrons. The van der Waals surface area contributed by atoms with E-state index in [9.17, 15) is 5.11 Å². The monoisotopic (exact) mass is 1450 g/mol. The van der Waals surface area contributed by atoms with E-state index in [0.29, 0.717) is 50.9 Å². The number of hydrogen-bond donors (Lipinski definition) is 4. The third-order valence-corrected chi connectivity index (χ3v) is 21.1. The molecule has 0 fully saturated rings. The molecule has 2 aliphatic heterocycles. The normalized spacial score (nSPS) is 13.5. The van der Waals surface area contributed by atoms with Crippen LogP contribution in [0.4, 0.5) is 0 Å². The van der Waals surface area contributed by atoms with E-state index in [4.69, 9.17) is 39.9 Å². The van der Waals surface area contributed by atoms with E-state index in [1.807, 2.05) is 42.5 Å². The number of aromatic amines is 2. The van der Waals surface area contributed by atoms with E-state index in [1.165, 1.54) is 11.1 Å². The lowest BCUT2D eigenvalue weighted by Gasteiger charge is -2.20.